The zero-order chi connectivity index (χ0) is 52.9. The largest absolute Gasteiger partial charge is 0.509 e. The Hall–Kier alpha value is -3.88. The van der Waals surface area contributed by atoms with E-state index in [1.54, 1.807) is 16.8 Å². The van der Waals surface area contributed by atoms with Crippen molar-refractivity contribution >= 4 is 11.9 Å². The number of rotatable bonds is 5. The van der Waals surface area contributed by atoms with Crippen molar-refractivity contribution in [1.29, 1.82) is 0 Å². The van der Waals surface area contributed by atoms with Crippen molar-refractivity contribution < 1.29 is 24.2 Å². The van der Waals surface area contributed by atoms with Crippen LogP contribution in [0, 0.1) is 97.6 Å². The summed E-state index contributed by atoms with van der Waals surface area (Å²) in [7, 11) is 0. The summed E-state index contributed by atoms with van der Waals surface area (Å²) in [5, 5.41) is 14.4. The second-order valence-corrected chi connectivity index (χ2v) is 31.5. The lowest BCUT2D eigenvalue weighted by atomic mass is 9.27. The summed E-state index contributed by atoms with van der Waals surface area (Å²) in [6.45, 7) is 3.85. The van der Waals surface area contributed by atoms with Crippen LogP contribution in [0.2, 0.25) is 0 Å². The fraction of sp³-hybridized carbons (Fsp3) is 0.722. The molecule has 12 aliphatic carbocycles. The molecule has 80 heavy (non-hydrogen) atoms. The quantitative estimate of drug-likeness (QED) is 0.222. The van der Waals surface area contributed by atoms with Gasteiger partial charge in [0.1, 0.15) is 11.2 Å². The van der Waals surface area contributed by atoms with E-state index in [-0.39, 0.29) is 53.0 Å². The average molecular weight is 1080 g/mol. The summed E-state index contributed by atoms with van der Waals surface area (Å²) in [5.41, 5.74) is 12.9. The Morgan fingerprint density at radius 1 is 0.800 bits per heavy atom. The zero-order valence-corrected chi connectivity index (χ0v) is 47.9. The minimum atomic E-state index is -1.17. The molecule has 14 bridgehead atoms. The van der Waals surface area contributed by atoms with Crippen molar-refractivity contribution in [3.05, 3.63) is 105 Å². The number of aryl methyl sites for hydroxylation is 1. The molecule has 9 heterocycles. The van der Waals surface area contributed by atoms with Gasteiger partial charge in [0, 0.05) is 72.6 Å². The molecule has 21 aliphatic rings. The first kappa shape index (κ1) is 48.5. The standard InChI is InChI=1S/C72H89N3O5/c73-32-9-15-44-13-7-18-53-59(44)64(77)80-72(53)56-35-45(43-11-2-1-3-12-43)19-21-51-50-17-6-14-46-34-47-20-22-54-48-33-42-37-74(39-48)57(66-30-23-49-16-8-27-68(49)28-10-29-69(68,41-66)67(40-66)25-4-5-26-67)36-55(76)63-70(72)31-24-52(61(51)71(56,70)65(78)79-63)60(58(46)50)62(47)75(54)38-42/h6-7,13,17-19,21,23,30,42-43,45-46,48-51,54,56-58,60,76H,1-5,8-12,14-16,20,22,24-29,31-41,73H2/b21-19-,63-55+/t42-,45-,46+,48+,49-,50+,51-,54+,56+,57-,58-,60+,66+,68+,69-,70-,71-,72-/m1/s1. The van der Waals surface area contributed by atoms with E-state index in [1.807, 2.05) is 0 Å². The predicted molar refractivity (Wildman–Crippen MR) is 307 cm³/mol. The molecule has 1 aromatic rings. The van der Waals surface area contributed by atoms with Gasteiger partial charge in [0.25, 0.3) is 0 Å². The number of benzene rings is 1. The Morgan fingerprint density at radius 2 is 1.69 bits per heavy atom. The molecule has 6 saturated carbocycles. The molecule has 0 amide bonds. The molecule has 8 nitrogen and oxygen atoms in total. The van der Waals surface area contributed by atoms with Gasteiger partial charge in [0.15, 0.2) is 11.4 Å². The minimum Gasteiger partial charge on any atom is -0.509 e. The van der Waals surface area contributed by atoms with Gasteiger partial charge in [-0.1, -0.05) is 111 Å². The first-order valence-corrected chi connectivity index (χ1v) is 33.9. The van der Waals surface area contributed by atoms with Gasteiger partial charge in [0.2, 0.25) is 0 Å². The summed E-state index contributed by atoms with van der Waals surface area (Å²) < 4.78 is 15.1. The molecule has 1 unspecified atom stereocenters. The van der Waals surface area contributed by atoms with Crippen LogP contribution >= 0.6 is 0 Å². The molecule has 9 fully saturated rings. The molecule has 22 rings (SSSR count). The minimum absolute atomic E-state index is 0.0428. The highest BCUT2D eigenvalue weighted by Gasteiger charge is 2.94. The summed E-state index contributed by atoms with van der Waals surface area (Å²) in [6.07, 6.45) is 49.0. The molecule has 1 aromatic carbocycles. The lowest BCUT2D eigenvalue weighted by molar-refractivity contribution is -0.283. The average Bonchev–Trinajstić information content (AvgIpc) is 1.35. The number of piperidine rings is 2. The topological polar surface area (TPSA) is 105 Å². The van der Waals surface area contributed by atoms with Gasteiger partial charge >= 0.3 is 11.9 Å². The van der Waals surface area contributed by atoms with Gasteiger partial charge in [-0.05, 0) is 210 Å². The van der Waals surface area contributed by atoms with Crippen LogP contribution < -0.4 is 5.73 Å². The number of nitrogens with zero attached hydrogens (tertiary/aromatic N) is 2. The number of aliphatic hydroxyl groups is 1. The van der Waals surface area contributed by atoms with Crippen molar-refractivity contribution in [1.82, 2.24) is 9.80 Å². The number of carbonyl (C=O) groups excluding carboxylic acids is 2. The summed E-state index contributed by atoms with van der Waals surface area (Å²) >= 11 is 0. The van der Waals surface area contributed by atoms with E-state index >= 15 is 9.59 Å². The maximum atomic E-state index is 17.1. The van der Waals surface area contributed by atoms with Crippen LogP contribution in [-0.4, -0.2) is 65.1 Å². The number of esters is 2. The van der Waals surface area contributed by atoms with Crippen molar-refractivity contribution in [3.8, 4) is 0 Å². The zero-order valence-electron chi connectivity index (χ0n) is 47.9. The lowest BCUT2D eigenvalue weighted by Gasteiger charge is -2.73. The molecule has 0 radical (unpaired) electrons. The first-order chi connectivity index (χ1) is 39.1. The molecule has 8 heteroatoms. The number of aliphatic hydroxyl groups excluding tert-OH is 1. The van der Waals surface area contributed by atoms with Crippen LogP contribution in [0.1, 0.15) is 195 Å². The number of hydrogen-bond donors (Lipinski definition) is 2. The van der Waals surface area contributed by atoms with Gasteiger partial charge in [-0.15, -0.1) is 0 Å². The Kier molecular flexibility index (Phi) is 9.88. The summed E-state index contributed by atoms with van der Waals surface area (Å²) in [5.74, 6) is 4.32. The fourth-order valence-corrected chi connectivity index (χ4v) is 27.8. The Bertz CT molecular complexity index is 3130. The molecular formula is C72H89N3O5. The van der Waals surface area contributed by atoms with Crippen molar-refractivity contribution in [2.45, 2.75) is 197 Å². The van der Waals surface area contributed by atoms with Crippen molar-refractivity contribution in [3.63, 3.8) is 0 Å². The van der Waals surface area contributed by atoms with E-state index in [0.717, 1.165) is 56.4 Å². The van der Waals surface area contributed by atoms with Gasteiger partial charge in [-0.25, -0.2) is 4.79 Å². The van der Waals surface area contributed by atoms with E-state index in [0.29, 0.717) is 101 Å². The third-order valence-electron chi connectivity index (χ3n) is 29.6. The van der Waals surface area contributed by atoms with Crippen LogP contribution in [-0.2, 0) is 26.3 Å². The van der Waals surface area contributed by atoms with Gasteiger partial charge in [-0.3, -0.25) is 9.69 Å². The van der Waals surface area contributed by atoms with Gasteiger partial charge in [0.05, 0.1) is 11.0 Å². The first-order valence-electron chi connectivity index (χ1n) is 33.9. The normalized spacial score (nSPS) is 51.0. The van der Waals surface area contributed by atoms with Gasteiger partial charge < -0.3 is 25.2 Å². The maximum Gasteiger partial charge on any atom is 0.339 e. The van der Waals surface area contributed by atoms with Crippen LogP contribution in [0.25, 0.3) is 0 Å². The number of allylic oxidation sites excluding steroid dienone is 7. The van der Waals surface area contributed by atoms with Crippen molar-refractivity contribution in [2.24, 2.45) is 103 Å². The third kappa shape index (κ3) is 5.39. The fourth-order valence-electron chi connectivity index (χ4n) is 27.8. The predicted octanol–water partition coefficient (Wildman–Crippen LogP) is 13.9. The van der Waals surface area contributed by atoms with E-state index in [1.165, 1.54) is 140 Å². The SMILES string of the molecule is NCCCc1cccc2c1C(=O)O[C@@]21[C@H]2C[C@H](C3CCCCC3)/C=C\[C@H]3C4=C5CC[C@]16/C(=C(\O)C[C@H]([C@]17C=C[C@H]8CCC[C@]89CCC[C@@]9(C1)C1(CCCC1)C7)N1C[C@H]7C[C@@H](C1)[C@@H]1CCC8=C([C@@H]5[C@@H]5[C@@H](CC=C[C@H]53)C8)N1C7)OC(=O)[C@]426. The second-order valence-electron chi connectivity index (χ2n) is 31.5. The number of nitrogens with two attached hydrogens (primary N) is 1. The summed E-state index contributed by atoms with van der Waals surface area (Å²) in [6, 6.07) is 7.13. The number of fused-ring (bicyclic) bond motifs is 5. The van der Waals surface area contributed by atoms with Crippen LogP contribution in [0.4, 0.5) is 0 Å². The second kappa shape index (κ2) is 16.3. The Morgan fingerprint density at radius 3 is 2.58 bits per heavy atom. The van der Waals surface area contributed by atoms with E-state index < -0.39 is 16.4 Å². The van der Waals surface area contributed by atoms with Gasteiger partial charge in [-0.2, -0.15) is 0 Å². The molecule has 3 saturated heterocycles. The van der Waals surface area contributed by atoms with Crippen molar-refractivity contribution in [2.75, 3.05) is 26.2 Å². The molecular weight excluding hydrogens is 987 g/mol. The third-order valence-corrected chi connectivity index (χ3v) is 29.6. The smallest absolute Gasteiger partial charge is 0.339 e. The van der Waals surface area contributed by atoms with E-state index in [4.69, 9.17) is 15.2 Å². The Balaban J connectivity index is 0.892. The van der Waals surface area contributed by atoms with E-state index in [2.05, 4.69) is 64.5 Å². The highest BCUT2D eigenvalue weighted by Crippen LogP contribution is 2.89. The highest BCUT2D eigenvalue weighted by molar-refractivity contribution is 6.00. The molecule has 422 valence electrons. The lowest BCUT2D eigenvalue weighted by Crippen LogP contribution is -2.78. The van der Waals surface area contributed by atoms with Crippen LogP contribution in [0.5, 0.6) is 0 Å². The molecule has 3 N–H and O–H groups in total. The number of ether oxygens (including phenoxy) is 2. The summed E-state index contributed by atoms with van der Waals surface area (Å²) in [4.78, 5) is 38.8. The van der Waals surface area contributed by atoms with E-state index in [9.17, 15) is 5.11 Å². The van der Waals surface area contributed by atoms with Crippen LogP contribution in [0.15, 0.2) is 88.6 Å². The molecule has 9 aliphatic heterocycles. The highest BCUT2D eigenvalue weighted by atomic mass is 16.6. The number of carbonyl (C=O) groups is 2. The monoisotopic (exact) mass is 1080 g/mol. The number of hydrogen-bond acceptors (Lipinski definition) is 8. The maximum absolute atomic E-state index is 17.1. The molecule has 6 spiro atoms. The molecule has 19 atom stereocenters. The van der Waals surface area contributed by atoms with Crippen LogP contribution in [0.3, 0.4) is 0 Å². The molecule has 0 aromatic heterocycles. The Labute approximate surface area is 475 Å².